The first-order valence-electron chi connectivity index (χ1n) is 6.92. The van der Waals surface area contributed by atoms with E-state index in [1.165, 1.54) is 12.8 Å². The lowest BCUT2D eigenvalue weighted by atomic mass is 10.2. The molecule has 106 valence electrons. The summed E-state index contributed by atoms with van der Waals surface area (Å²) in [7, 11) is 4.24. The minimum atomic E-state index is 0.576. The second kappa shape index (κ2) is 8.67. The van der Waals surface area contributed by atoms with E-state index in [0.717, 1.165) is 44.4 Å². The minimum Gasteiger partial charge on any atom is -0.382 e. The molecule has 1 saturated heterocycles. The summed E-state index contributed by atoms with van der Waals surface area (Å²) >= 11 is 5.48. The molecular formula is C13H27N3OS. The van der Waals surface area contributed by atoms with Gasteiger partial charge in [0.15, 0.2) is 5.11 Å². The van der Waals surface area contributed by atoms with Gasteiger partial charge in [-0.3, -0.25) is 0 Å². The zero-order chi connectivity index (χ0) is 13.4. The number of likely N-dealkylation sites (tertiary alicyclic amines) is 1. The molecule has 5 heteroatoms. The molecule has 1 unspecified atom stereocenters. The third-order valence-corrected chi connectivity index (χ3v) is 3.54. The van der Waals surface area contributed by atoms with Crippen LogP contribution in [0.3, 0.4) is 0 Å². The number of rotatable bonds is 7. The van der Waals surface area contributed by atoms with Crippen LogP contribution < -0.4 is 5.32 Å². The van der Waals surface area contributed by atoms with Crippen molar-refractivity contribution in [2.45, 2.75) is 32.2 Å². The summed E-state index contributed by atoms with van der Waals surface area (Å²) in [4.78, 5) is 4.58. The highest BCUT2D eigenvalue weighted by Crippen LogP contribution is 2.17. The average Bonchev–Trinajstić information content (AvgIpc) is 2.76. The number of nitrogens with one attached hydrogen (secondary N) is 1. The Labute approximate surface area is 117 Å². The molecular weight excluding hydrogens is 246 g/mol. The van der Waals surface area contributed by atoms with Gasteiger partial charge in [0.25, 0.3) is 0 Å². The monoisotopic (exact) mass is 273 g/mol. The van der Waals surface area contributed by atoms with Crippen LogP contribution in [0.4, 0.5) is 0 Å². The van der Waals surface area contributed by atoms with Crippen molar-refractivity contribution in [3.05, 3.63) is 0 Å². The van der Waals surface area contributed by atoms with Crippen LogP contribution in [0.1, 0.15) is 26.2 Å². The van der Waals surface area contributed by atoms with Crippen molar-refractivity contribution in [1.29, 1.82) is 0 Å². The molecule has 0 radical (unpaired) electrons. The van der Waals surface area contributed by atoms with E-state index in [1.807, 2.05) is 6.92 Å². The molecule has 0 spiro atoms. The van der Waals surface area contributed by atoms with Crippen LogP contribution >= 0.6 is 12.2 Å². The van der Waals surface area contributed by atoms with Gasteiger partial charge in [0, 0.05) is 38.9 Å². The van der Waals surface area contributed by atoms with E-state index in [0.29, 0.717) is 6.04 Å². The first kappa shape index (κ1) is 15.7. The molecule has 1 rings (SSSR count). The van der Waals surface area contributed by atoms with E-state index in [9.17, 15) is 0 Å². The summed E-state index contributed by atoms with van der Waals surface area (Å²) in [6, 6.07) is 0.576. The predicted molar refractivity (Wildman–Crippen MR) is 80.0 cm³/mol. The average molecular weight is 273 g/mol. The number of likely N-dealkylation sites (N-methyl/N-ethyl adjacent to an activating group) is 1. The highest BCUT2D eigenvalue weighted by molar-refractivity contribution is 7.80. The first-order valence-corrected chi connectivity index (χ1v) is 7.33. The fraction of sp³-hybridized carbons (Fsp3) is 0.923. The van der Waals surface area contributed by atoms with Crippen molar-refractivity contribution in [1.82, 2.24) is 15.1 Å². The van der Waals surface area contributed by atoms with E-state index in [4.69, 9.17) is 17.0 Å². The van der Waals surface area contributed by atoms with Crippen LogP contribution in [0.25, 0.3) is 0 Å². The van der Waals surface area contributed by atoms with Crippen LogP contribution in [0.15, 0.2) is 0 Å². The molecule has 0 aromatic rings. The third kappa shape index (κ3) is 5.50. The SMILES string of the molecule is CCOCCCNC(=S)N1CCCC1CN(C)C. The summed E-state index contributed by atoms with van der Waals surface area (Å²) in [6.45, 7) is 6.71. The Morgan fingerprint density at radius 2 is 2.28 bits per heavy atom. The second-order valence-electron chi connectivity index (χ2n) is 5.03. The molecule has 0 aromatic heterocycles. The molecule has 0 aliphatic carbocycles. The van der Waals surface area contributed by atoms with Crippen molar-refractivity contribution in [2.75, 3.05) is 46.9 Å². The molecule has 1 N–H and O–H groups in total. The molecule has 0 amide bonds. The fourth-order valence-corrected chi connectivity index (χ4v) is 2.67. The molecule has 1 aliphatic heterocycles. The van der Waals surface area contributed by atoms with Gasteiger partial charge in [-0.25, -0.2) is 0 Å². The number of ether oxygens (including phenoxy) is 1. The van der Waals surface area contributed by atoms with E-state index >= 15 is 0 Å². The second-order valence-corrected chi connectivity index (χ2v) is 5.42. The van der Waals surface area contributed by atoms with Gasteiger partial charge in [0.1, 0.15) is 0 Å². The van der Waals surface area contributed by atoms with Crippen molar-refractivity contribution in [2.24, 2.45) is 0 Å². The van der Waals surface area contributed by atoms with Gasteiger partial charge in [0.2, 0.25) is 0 Å². The molecule has 18 heavy (non-hydrogen) atoms. The highest BCUT2D eigenvalue weighted by Gasteiger charge is 2.26. The summed E-state index contributed by atoms with van der Waals surface area (Å²) in [5.41, 5.74) is 0. The van der Waals surface area contributed by atoms with Crippen LogP contribution in [-0.4, -0.2) is 67.9 Å². The van der Waals surface area contributed by atoms with Crippen molar-refractivity contribution < 1.29 is 4.74 Å². The number of hydrogen-bond acceptors (Lipinski definition) is 3. The fourth-order valence-electron chi connectivity index (χ4n) is 2.33. The minimum absolute atomic E-state index is 0.576. The zero-order valence-corrected chi connectivity index (χ0v) is 12.8. The standard InChI is InChI=1S/C13H27N3OS/c1-4-17-10-6-8-14-13(18)16-9-5-7-12(16)11-15(2)3/h12H,4-11H2,1-3H3,(H,14,18). The lowest BCUT2D eigenvalue weighted by Crippen LogP contribution is -2.46. The Balaban J connectivity index is 2.23. The molecule has 1 atom stereocenters. The van der Waals surface area contributed by atoms with Crippen LogP contribution in [0, 0.1) is 0 Å². The number of thiocarbonyl (C=S) groups is 1. The van der Waals surface area contributed by atoms with Gasteiger partial charge in [-0.05, 0) is 52.5 Å². The summed E-state index contributed by atoms with van der Waals surface area (Å²) < 4.78 is 5.31. The normalized spacial score (nSPS) is 19.6. The Morgan fingerprint density at radius 1 is 1.50 bits per heavy atom. The molecule has 0 saturated carbocycles. The van der Waals surface area contributed by atoms with E-state index < -0.39 is 0 Å². The predicted octanol–water partition coefficient (Wildman–Crippen LogP) is 1.31. The largest absolute Gasteiger partial charge is 0.382 e. The molecule has 0 aromatic carbocycles. The van der Waals surface area contributed by atoms with Crippen LogP contribution in [0.2, 0.25) is 0 Å². The molecule has 1 heterocycles. The van der Waals surface area contributed by atoms with Crippen molar-refractivity contribution >= 4 is 17.3 Å². The number of nitrogens with zero attached hydrogens (tertiary/aromatic N) is 2. The third-order valence-electron chi connectivity index (χ3n) is 3.16. The lowest BCUT2D eigenvalue weighted by Gasteiger charge is -2.29. The topological polar surface area (TPSA) is 27.7 Å². The Kier molecular flexibility index (Phi) is 7.54. The maximum absolute atomic E-state index is 5.48. The maximum Gasteiger partial charge on any atom is 0.169 e. The van der Waals surface area contributed by atoms with E-state index in [2.05, 4.69) is 29.2 Å². The molecule has 1 fully saturated rings. The first-order chi connectivity index (χ1) is 8.65. The van der Waals surface area contributed by atoms with Crippen molar-refractivity contribution in [3.63, 3.8) is 0 Å². The van der Waals surface area contributed by atoms with E-state index in [1.54, 1.807) is 0 Å². The highest BCUT2D eigenvalue weighted by atomic mass is 32.1. The van der Waals surface area contributed by atoms with Gasteiger partial charge in [-0.1, -0.05) is 0 Å². The van der Waals surface area contributed by atoms with Gasteiger partial charge in [0.05, 0.1) is 0 Å². The summed E-state index contributed by atoms with van der Waals surface area (Å²) in [5, 5.41) is 4.26. The Hall–Kier alpha value is -0.390. The maximum atomic E-state index is 5.48. The van der Waals surface area contributed by atoms with Crippen LogP contribution in [-0.2, 0) is 4.74 Å². The van der Waals surface area contributed by atoms with Crippen molar-refractivity contribution in [3.8, 4) is 0 Å². The van der Waals surface area contributed by atoms with E-state index in [-0.39, 0.29) is 0 Å². The van der Waals surface area contributed by atoms with Gasteiger partial charge < -0.3 is 19.9 Å². The summed E-state index contributed by atoms with van der Waals surface area (Å²) in [6.07, 6.45) is 3.51. The van der Waals surface area contributed by atoms with Gasteiger partial charge >= 0.3 is 0 Å². The zero-order valence-electron chi connectivity index (χ0n) is 11.9. The summed E-state index contributed by atoms with van der Waals surface area (Å²) in [5.74, 6) is 0. The van der Waals surface area contributed by atoms with Gasteiger partial charge in [-0.15, -0.1) is 0 Å². The van der Waals surface area contributed by atoms with Crippen LogP contribution in [0.5, 0.6) is 0 Å². The molecule has 0 bridgehead atoms. The smallest absolute Gasteiger partial charge is 0.169 e. The quantitative estimate of drug-likeness (QED) is 0.558. The molecule has 1 aliphatic rings. The number of hydrogen-bond donors (Lipinski definition) is 1. The van der Waals surface area contributed by atoms with Gasteiger partial charge in [-0.2, -0.15) is 0 Å². The molecule has 4 nitrogen and oxygen atoms in total. The Morgan fingerprint density at radius 3 is 2.94 bits per heavy atom. The Bertz CT molecular complexity index is 248. The lowest BCUT2D eigenvalue weighted by molar-refractivity contribution is 0.145.